The van der Waals surface area contributed by atoms with Crippen LogP contribution in [0.2, 0.25) is 0 Å². The van der Waals surface area contributed by atoms with Gasteiger partial charge >= 0.3 is 0 Å². The standard InChI is InChI=1S/C20H18N2S/c21-14-18-16-9-12-23-20(16)17(15-7-3-1-4-8-15)13-19(18)22-10-5-2-6-11-22/h1,3-4,7-9,12-13H,2,5-6,10-11H2. The number of nitrogens with zero attached hydrogens (tertiary/aromatic N) is 2. The zero-order valence-corrected chi connectivity index (χ0v) is 13.8. The lowest BCUT2D eigenvalue weighted by atomic mass is 9.98. The number of hydrogen-bond acceptors (Lipinski definition) is 3. The fourth-order valence-corrected chi connectivity index (χ4v) is 4.40. The van der Waals surface area contributed by atoms with Gasteiger partial charge in [-0.1, -0.05) is 30.3 Å². The minimum absolute atomic E-state index is 0.836. The largest absolute Gasteiger partial charge is 0.370 e. The van der Waals surface area contributed by atoms with Crippen molar-refractivity contribution in [3.05, 3.63) is 53.4 Å². The molecule has 0 atom stereocenters. The van der Waals surface area contributed by atoms with Gasteiger partial charge in [-0.15, -0.1) is 11.3 Å². The van der Waals surface area contributed by atoms with E-state index in [1.165, 1.54) is 35.1 Å². The van der Waals surface area contributed by atoms with E-state index in [-0.39, 0.29) is 0 Å². The molecular formula is C20H18N2S. The first-order chi connectivity index (χ1) is 11.4. The molecule has 4 rings (SSSR count). The number of fused-ring (bicyclic) bond motifs is 1. The summed E-state index contributed by atoms with van der Waals surface area (Å²) in [6.07, 6.45) is 3.73. The normalized spacial score (nSPS) is 14.8. The fraction of sp³-hybridized carbons (Fsp3) is 0.250. The molecule has 2 nitrogen and oxygen atoms in total. The number of piperidine rings is 1. The summed E-state index contributed by atoms with van der Waals surface area (Å²) in [5, 5.41) is 12.9. The zero-order valence-electron chi connectivity index (χ0n) is 13.0. The highest BCUT2D eigenvalue weighted by Gasteiger charge is 2.20. The smallest absolute Gasteiger partial charge is 0.102 e. The quantitative estimate of drug-likeness (QED) is 0.630. The van der Waals surface area contributed by atoms with Crippen molar-refractivity contribution < 1.29 is 0 Å². The molecule has 0 N–H and O–H groups in total. The summed E-state index contributed by atoms with van der Waals surface area (Å²) in [6.45, 7) is 2.11. The average Bonchev–Trinajstić information content (AvgIpc) is 3.11. The van der Waals surface area contributed by atoms with Crippen LogP contribution >= 0.6 is 11.3 Å². The Bertz CT molecular complexity index is 868. The molecule has 1 aliphatic heterocycles. The third-order valence-electron chi connectivity index (χ3n) is 4.61. The summed E-state index contributed by atoms with van der Waals surface area (Å²) in [5.74, 6) is 0. The Morgan fingerprint density at radius 1 is 1.00 bits per heavy atom. The number of thiophene rings is 1. The third kappa shape index (κ3) is 2.50. The van der Waals surface area contributed by atoms with E-state index in [2.05, 4.69) is 52.7 Å². The first kappa shape index (κ1) is 14.3. The second kappa shape index (κ2) is 6.06. The Kier molecular flexibility index (Phi) is 3.77. The topological polar surface area (TPSA) is 27.0 Å². The highest BCUT2D eigenvalue weighted by molar-refractivity contribution is 7.17. The zero-order chi connectivity index (χ0) is 15.6. The lowest BCUT2D eigenvalue weighted by molar-refractivity contribution is 0.578. The summed E-state index contributed by atoms with van der Waals surface area (Å²) in [7, 11) is 0. The Balaban J connectivity index is 1.97. The molecule has 3 heteroatoms. The second-order valence-corrected chi connectivity index (χ2v) is 6.92. The first-order valence-electron chi connectivity index (χ1n) is 8.13. The van der Waals surface area contributed by atoms with E-state index in [0.29, 0.717) is 0 Å². The molecule has 0 radical (unpaired) electrons. The van der Waals surface area contributed by atoms with Crippen molar-refractivity contribution in [3.8, 4) is 17.2 Å². The van der Waals surface area contributed by atoms with Crippen molar-refractivity contribution in [3.63, 3.8) is 0 Å². The number of hydrogen-bond donors (Lipinski definition) is 0. The van der Waals surface area contributed by atoms with Crippen LogP contribution in [0.5, 0.6) is 0 Å². The summed E-state index contributed by atoms with van der Waals surface area (Å²) in [4.78, 5) is 2.39. The van der Waals surface area contributed by atoms with Crippen molar-refractivity contribution >= 4 is 27.1 Å². The van der Waals surface area contributed by atoms with Crippen molar-refractivity contribution in [2.24, 2.45) is 0 Å². The minimum atomic E-state index is 0.836. The van der Waals surface area contributed by atoms with Gasteiger partial charge in [-0.2, -0.15) is 5.26 Å². The minimum Gasteiger partial charge on any atom is -0.370 e. The predicted molar refractivity (Wildman–Crippen MR) is 98.0 cm³/mol. The average molecular weight is 318 g/mol. The van der Waals surface area contributed by atoms with Crippen LogP contribution in [-0.2, 0) is 0 Å². The van der Waals surface area contributed by atoms with Gasteiger partial charge in [0, 0.05) is 28.7 Å². The SMILES string of the molecule is N#Cc1c(N2CCCCC2)cc(-c2ccccc2)c2sccc12. The maximum absolute atomic E-state index is 9.75. The van der Waals surface area contributed by atoms with E-state index >= 15 is 0 Å². The van der Waals surface area contributed by atoms with E-state index in [9.17, 15) is 5.26 Å². The van der Waals surface area contributed by atoms with Crippen LogP contribution in [0.25, 0.3) is 21.2 Å². The molecule has 0 bridgehead atoms. The van der Waals surface area contributed by atoms with Crippen LogP contribution in [0.15, 0.2) is 47.8 Å². The number of nitriles is 1. The summed E-state index contributed by atoms with van der Waals surface area (Å²) >= 11 is 1.72. The molecule has 3 aromatic rings. The molecule has 0 spiro atoms. The van der Waals surface area contributed by atoms with Crippen LogP contribution < -0.4 is 4.90 Å². The second-order valence-electron chi connectivity index (χ2n) is 6.01. The monoisotopic (exact) mass is 318 g/mol. The summed E-state index contributed by atoms with van der Waals surface area (Å²) in [6, 6.07) is 17.3. The molecule has 2 heterocycles. The molecule has 0 aliphatic carbocycles. The molecule has 1 saturated heterocycles. The lowest BCUT2D eigenvalue weighted by Gasteiger charge is -2.30. The highest BCUT2D eigenvalue weighted by atomic mass is 32.1. The van der Waals surface area contributed by atoms with Gasteiger partial charge < -0.3 is 4.90 Å². The maximum Gasteiger partial charge on any atom is 0.102 e. The van der Waals surface area contributed by atoms with Gasteiger partial charge in [-0.25, -0.2) is 0 Å². The Labute approximate surface area is 140 Å². The molecule has 114 valence electrons. The Morgan fingerprint density at radius 3 is 2.52 bits per heavy atom. The predicted octanol–water partition coefficient (Wildman–Crippen LogP) is 5.43. The molecule has 0 unspecified atom stereocenters. The Morgan fingerprint density at radius 2 is 1.78 bits per heavy atom. The molecule has 1 aromatic heterocycles. The molecule has 1 fully saturated rings. The van der Waals surface area contributed by atoms with Gasteiger partial charge in [-0.3, -0.25) is 0 Å². The van der Waals surface area contributed by atoms with Gasteiger partial charge in [0.1, 0.15) is 6.07 Å². The molecule has 2 aromatic carbocycles. The number of rotatable bonds is 2. The molecule has 0 amide bonds. The fourth-order valence-electron chi connectivity index (χ4n) is 3.46. The van der Waals surface area contributed by atoms with Gasteiger partial charge in [0.2, 0.25) is 0 Å². The third-order valence-corrected chi connectivity index (χ3v) is 5.56. The van der Waals surface area contributed by atoms with Crippen LogP contribution in [0.3, 0.4) is 0 Å². The van der Waals surface area contributed by atoms with Crippen molar-refractivity contribution in [2.75, 3.05) is 18.0 Å². The van der Waals surface area contributed by atoms with Crippen molar-refractivity contribution in [1.29, 1.82) is 5.26 Å². The number of anilines is 1. The van der Waals surface area contributed by atoms with Crippen LogP contribution in [-0.4, -0.2) is 13.1 Å². The molecule has 0 saturated carbocycles. The molecular weight excluding hydrogens is 300 g/mol. The van der Waals surface area contributed by atoms with E-state index < -0.39 is 0 Å². The van der Waals surface area contributed by atoms with Gasteiger partial charge in [0.25, 0.3) is 0 Å². The van der Waals surface area contributed by atoms with E-state index in [1.54, 1.807) is 11.3 Å². The highest BCUT2D eigenvalue weighted by Crippen LogP contribution is 2.40. The van der Waals surface area contributed by atoms with Gasteiger partial charge in [0.05, 0.1) is 11.3 Å². The Hall–Kier alpha value is -2.31. The van der Waals surface area contributed by atoms with Crippen LogP contribution in [0, 0.1) is 11.3 Å². The van der Waals surface area contributed by atoms with Crippen LogP contribution in [0.1, 0.15) is 24.8 Å². The maximum atomic E-state index is 9.75. The van der Waals surface area contributed by atoms with Gasteiger partial charge in [0.15, 0.2) is 0 Å². The summed E-state index contributed by atoms with van der Waals surface area (Å²) < 4.78 is 1.22. The van der Waals surface area contributed by atoms with Crippen molar-refractivity contribution in [2.45, 2.75) is 19.3 Å². The van der Waals surface area contributed by atoms with E-state index in [4.69, 9.17) is 0 Å². The van der Waals surface area contributed by atoms with Gasteiger partial charge in [-0.05, 0) is 42.3 Å². The summed E-state index contributed by atoms with van der Waals surface area (Å²) in [5.41, 5.74) is 4.41. The van der Waals surface area contributed by atoms with E-state index in [1.807, 2.05) is 6.07 Å². The van der Waals surface area contributed by atoms with Crippen molar-refractivity contribution in [1.82, 2.24) is 0 Å². The molecule has 1 aliphatic rings. The van der Waals surface area contributed by atoms with E-state index in [0.717, 1.165) is 29.7 Å². The number of benzene rings is 2. The lowest BCUT2D eigenvalue weighted by Crippen LogP contribution is -2.30. The first-order valence-corrected chi connectivity index (χ1v) is 9.01. The molecule has 23 heavy (non-hydrogen) atoms. The van der Waals surface area contributed by atoms with Crippen LogP contribution in [0.4, 0.5) is 5.69 Å².